The first-order valence-corrected chi connectivity index (χ1v) is 27.0. The molecule has 6 atom stereocenters. The standard InChI is InChI=1S/C55H96O12/c1-4-7-10-13-16-19-21-22-23-24-25-26-28-31-34-37-40-43-49(58)66-53-51(60)50(59)52(54(61)62)67-55(53)64-45-46(65-48(57)42-39-36-33-29-18-15-12-9-6-3)44-63-47(56)41-38-35-32-30-27-20-17-14-11-8-5-2/h7,10,16,19,22-23,46,50-53,55,59-60H,4-6,8-9,11-15,17-18,20-21,24-45H2,1-3H3,(H,61,62)/b10-7-,19-16-,23-22-. The number of carboxylic acids is 1. The first kappa shape index (κ1) is 62.0. The summed E-state index contributed by atoms with van der Waals surface area (Å²) in [5, 5.41) is 31.3. The normalized spacial score (nSPS) is 19.1. The van der Waals surface area contributed by atoms with Gasteiger partial charge in [-0.05, 0) is 51.4 Å². The van der Waals surface area contributed by atoms with Gasteiger partial charge in [0.15, 0.2) is 24.6 Å². The van der Waals surface area contributed by atoms with Crippen molar-refractivity contribution in [2.24, 2.45) is 0 Å². The Bertz CT molecular complexity index is 1310. The molecule has 0 aromatic rings. The van der Waals surface area contributed by atoms with E-state index in [1.807, 2.05) is 0 Å². The van der Waals surface area contributed by atoms with Gasteiger partial charge in [-0.3, -0.25) is 14.4 Å². The highest BCUT2D eigenvalue weighted by Gasteiger charge is 2.50. The maximum absolute atomic E-state index is 13.0. The molecule has 0 bridgehead atoms. The summed E-state index contributed by atoms with van der Waals surface area (Å²) in [5.74, 6) is -3.12. The largest absolute Gasteiger partial charge is 0.479 e. The Morgan fingerprint density at radius 3 is 1.43 bits per heavy atom. The number of ether oxygens (including phenoxy) is 5. The zero-order valence-corrected chi connectivity index (χ0v) is 42.4. The highest BCUT2D eigenvalue weighted by molar-refractivity contribution is 5.74. The molecule has 0 aliphatic carbocycles. The van der Waals surface area contributed by atoms with E-state index < -0.39 is 67.3 Å². The number of aliphatic hydroxyl groups is 2. The van der Waals surface area contributed by atoms with E-state index in [9.17, 15) is 34.5 Å². The van der Waals surface area contributed by atoms with E-state index in [0.717, 1.165) is 103 Å². The fraction of sp³-hybridized carbons (Fsp3) is 0.818. The van der Waals surface area contributed by atoms with Gasteiger partial charge in [0.1, 0.15) is 18.8 Å². The number of esters is 3. The monoisotopic (exact) mass is 949 g/mol. The van der Waals surface area contributed by atoms with Crippen molar-refractivity contribution in [1.29, 1.82) is 0 Å². The number of aliphatic carboxylic acids is 1. The second-order valence-electron chi connectivity index (χ2n) is 18.5. The Morgan fingerprint density at radius 2 is 0.940 bits per heavy atom. The lowest BCUT2D eigenvalue weighted by molar-refractivity contribution is -0.301. The van der Waals surface area contributed by atoms with Crippen LogP contribution < -0.4 is 0 Å². The van der Waals surface area contributed by atoms with Crippen LogP contribution in [0.1, 0.15) is 239 Å². The van der Waals surface area contributed by atoms with Gasteiger partial charge in [0, 0.05) is 19.3 Å². The number of carboxylic acid groups (broad SMARTS) is 1. The molecule has 1 saturated heterocycles. The molecule has 1 rings (SSSR count). The van der Waals surface area contributed by atoms with Crippen molar-refractivity contribution in [3.05, 3.63) is 36.5 Å². The summed E-state index contributed by atoms with van der Waals surface area (Å²) in [7, 11) is 0. The Hall–Kier alpha value is -3.06. The van der Waals surface area contributed by atoms with Crippen LogP contribution in [-0.2, 0) is 42.9 Å². The molecule has 1 fully saturated rings. The third-order valence-electron chi connectivity index (χ3n) is 12.2. The molecule has 12 heteroatoms. The molecule has 1 aliphatic heterocycles. The number of hydrogen-bond donors (Lipinski definition) is 3. The topological polar surface area (TPSA) is 175 Å². The molecule has 0 amide bonds. The molecule has 6 unspecified atom stereocenters. The van der Waals surface area contributed by atoms with Gasteiger partial charge in [-0.25, -0.2) is 4.79 Å². The predicted molar refractivity (Wildman–Crippen MR) is 266 cm³/mol. The number of hydrogen-bond acceptors (Lipinski definition) is 11. The Morgan fingerprint density at radius 1 is 0.507 bits per heavy atom. The minimum Gasteiger partial charge on any atom is -0.479 e. The minimum absolute atomic E-state index is 0.0523. The van der Waals surface area contributed by atoms with Crippen molar-refractivity contribution in [2.75, 3.05) is 13.2 Å². The number of carbonyl (C=O) groups excluding carboxylic acids is 3. The summed E-state index contributed by atoms with van der Waals surface area (Å²) >= 11 is 0. The van der Waals surface area contributed by atoms with E-state index in [4.69, 9.17) is 23.7 Å². The van der Waals surface area contributed by atoms with Crippen molar-refractivity contribution in [3.8, 4) is 0 Å². The van der Waals surface area contributed by atoms with E-state index in [2.05, 4.69) is 57.2 Å². The summed E-state index contributed by atoms with van der Waals surface area (Å²) < 4.78 is 28.3. The van der Waals surface area contributed by atoms with Gasteiger partial charge < -0.3 is 39.0 Å². The first-order chi connectivity index (χ1) is 32.6. The molecule has 0 spiro atoms. The molecule has 3 N–H and O–H groups in total. The summed E-state index contributed by atoms with van der Waals surface area (Å²) in [4.78, 5) is 50.8. The Kier molecular flexibility index (Phi) is 40.8. The van der Waals surface area contributed by atoms with Crippen LogP contribution in [-0.4, -0.2) is 89.2 Å². The van der Waals surface area contributed by atoms with E-state index in [-0.39, 0.29) is 25.9 Å². The maximum Gasteiger partial charge on any atom is 0.335 e. The van der Waals surface area contributed by atoms with Gasteiger partial charge in [0.2, 0.25) is 0 Å². The lowest BCUT2D eigenvalue weighted by Gasteiger charge is -2.40. The van der Waals surface area contributed by atoms with Crippen molar-refractivity contribution >= 4 is 23.9 Å². The third-order valence-corrected chi connectivity index (χ3v) is 12.2. The quantitative estimate of drug-likeness (QED) is 0.0228. The zero-order valence-electron chi connectivity index (χ0n) is 42.4. The summed E-state index contributed by atoms with van der Waals surface area (Å²) in [5.41, 5.74) is 0. The average Bonchev–Trinajstić information content (AvgIpc) is 3.31. The molecule has 1 heterocycles. The van der Waals surface area contributed by atoms with Crippen LogP contribution in [0.4, 0.5) is 0 Å². The summed E-state index contributed by atoms with van der Waals surface area (Å²) in [6.45, 7) is 5.84. The second-order valence-corrected chi connectivity index (χ2v) is 18.5. The van der Waals surface area contributed by atoms with Gasteiger partial charge in [0.25, 0.3) is 0 Å². The molecule has 0 aromatic heterocycles. The molecular formula is C55H96O12. The smallest absolute Gasteiger partial charge is 0.335 e. The first-order valence-electron chi connectivity index (χ1n) is 27.0. The van der Waals surface area contributed by atoms with Crippen LogP contribution in [0, 0.1) is 0 Å². The van der Waals surface area contributed by atoms with Gasteiger partial charge >= 0.3 is 23.9 Å². The Balaban J connectivity index is 2.68. The van der Waals surface area contributed by atoms with Gasteiger partial charge in [-0.2, -0.15) is 0 Å². The molecular weight excluding hydrogens is 853 g/mol. The Labute approximate surface area is 406 Å². The second kappa shape index (κ2) is 44.2. The van der Waals surface area contributed by atoms with Gasteiger partial charge in [-0.15, -0.1) is 0 Å². The highest BCUT2D eigenvalue weighted by Crippen LogP contribution is 2.26. The van der Waals surface area contributed by atoms with Crippen molar-refractivity contribution < 1.29 is 58.2 Å². The van der Waals surface area contributed by atoms with Crippen LogP contribution in [0.15, 0.2) is 36.5 Å². The van der Waals surface area contributed by atoms with E-state index in [0.29, 0.717) is 19.3 Å². The van der Waals surface area contributed by atoms with Crippen LogP contribution >= 0.6 is 0 Å². The van der Waals surface area contributed by atoms with Crippen molar-refractivity contribution in [2.45, 2.75) is 276 Å². The maximum atomic E-state index is 13.0. The number of unbranched alkanes of at least 4 members (excludes halogenated alkanes) is 25. The van der Waals surface area contributed by atoms with Gasteiger partial charge in [-0.1, -0.05) is 205 Å². The average molecular weight is 949 g/mol. The molecule has 0 aromatic carbocycles. The molecule has 1 aliphatic rings. The summed E-state index contributed by atoms with van der Waals surface area (Å²) in [6.07, 6.45) is 37.1. The minimum atomic E-state index is -1.90. The number of allylic oxidation sites excluding steroid dienone is 6. The summed E-state index contributed by atoms with van der Waals surface area (Å²) in [6, 6.07) is 0. The fourth-order valence-electron chi connectivity index (χ4n) is 8.09. The van der Waals surface area contributed by atoms with Crippen molar-refractivity contribution in [1.82, 2.24) is 0 Å². The van der Waals surface area contributed by atoms with Crippen molar-refractivity contribution in [3.63, 3.8) is 0 Å². The lowest BCUT2D eigenvalue weighted by Crippen LogP contribution is -2.61. The van der Waals surface area contributed by atoms with Crippen LogP contribution in [0.5, 0.6) is 0 Å². The highest BCUT2D eigenvalue weighted by atomic mass is 16.7. The van der Waals surface area contributed by atoms with Crippen LogP contribution in [0.3, 0.4) is 0 Å². The van der Waals surface area contributed by atoms with Gasteiger partial charge in [0.05, 0.1) is 6.61 Å². The van der Waals surface area contributed by atoms with Crippen LogP contribution in [0.2, 0.25) is 0 Å². The number of aliphatic hydroxyl groups excluding tert-OH is 2. The van der Waals surface area contributed by atoms with E-state index in [1.54, 1.807) is 0 Å². The third kappa shape index (κ3) is 34.8. The fourth-order valence-corrected chi connectivity index (χ4v) is 8.09. The van der Waals surface area contributed by atoms with Crippen LogP contribution in [0.25, 0.3) is 0 Å². The SMILES string of the molecule is CC/C=C\C/C=C\C/C=C\CCCCCCCCCC(=O)OC1C(OCC(COC(=O)CCCCCCCCCCCCC)OC(=O)CCCCCCCCCCC)OC(C(=O)O)C(O)C1O. The molecule has 0 saturated carbocycles. The molecule has 0 radical (unpaired) electrons. The number of rotatable bonds is 45. The molecule has 388 valence electrons. The van der Waals surface area contributed by atoms with E-state index >= 15 is 0 Å². The lowest BCUT2D eigenvalue weighted by atomic mass is 9.98. The predicted octanol–water partition coefficient (Wildman–Crippen LogP) is 12.9. The number of carbonyl (C=O) groups is 4. The molecule has 67 heavy (non-hydrogen) atoms. The van der Waals surface area contributed by atoms with E-state index in [1.165, 1.54) is 77.0 Å². The zero-order chi connectivity index (χ0) is 49.0. The molecule has 12 nitrogen and oxygen atoms in total.